The van der Waals surface area contributed by atoms with Crippen LogP contribution in [0.15, 0.2) is 59.6 Å². The second-order valence-electron chi connectivity index (χ2n) is 7.26. The minimum Gasteiger partial charge on any atom is -0.368 e. The number of benzene rings is 2. The van der Waals surface area contributed by atoms with Crippen LogP contribution in [-0.4, -0.2) is 63.1 Å². The van der Waals surface area contributed by atoms with Gasteiger partial charge in [-0.25, -0.2) is 4.39 Å². The molecule has 3 rings (SSSR count). The van der Waals surface area contributed by atoms with Gasteiger partial charge in [0.05, 0.1) is 0 Å². The summed E-state index contributed by atoms with van der Waals surface area (Å²) in [5.41, 5.74) is 2.14. The van der Waals surface area contributed by atoms with Gasteiger partial charge in [-0.1, -0.05) is 30.3 Å². The van der Waals surface area contributed by atoms with E-state index in [0.29, 0.717) is 31.9 Å². The predicted octanol–water partition coefficient (Wildman–Crippen LogP) is 2.27. The van der Waals surface area contributed by atoms with E-state index in [1.165, 1.54) is 17.8 Å². The molecule has 1 aliphatic heterocycles. The molecule has 0 aromatic heterocycles. The average Bonchev–Trinajstić information content (AvgIpc) is 2.78. The summed E-state index contributed by atoms with van der Waals surface area (Å²) >= 11 is 0. The highest BCUT2D eigenvalue weighted by molar-refractivity contribution is 5.81. The zero-order valence-corrected chi connectivity index (χ0v) is 17.5. The fourth-order valence-electron chi connectivity index (χ4n) is 3.54. The summed E-state index contributed by atoms with van der Waals surface area (Å²) in [6, 6.07) is 16.9. The summed E-state index contributed by atoms with van der Waals surface area (Å²) in [6.45, 7) is 4.36. The van der Waals surface area contributed by atoms with Gasteiger partial charge in [-0.15, -0.1) is 0 Å². The van der Waals surface area contributed by atoms with Crippen LogP contribution in [0.25, 0.3) is 0 Å². The van der Waals surface area contributed by atoms with Crippen LogP contribution in [0.4, 0.5) is 10.1 Å². The highest BCUT2D eigenvalue weighted by Gasteiger charge is 2.20. The first-order valence-corrected chi connectivity index (χ1v) is 10.4. The number of piperazine rings is 1. The fraction of sp³-hybridized carbons (Fsp3) is 0.391. The molecule has 1 saturated heterocycles. The number of halogens is 1. The van der Waals surface area contributed by atoms with Gasteiger partial charge in [-0.05, 0) is 36.2 Å². The summed E-state index contributed by atoms with van der Waals surface area (Å²) in [6.07, 6.45) is 1.12. The maximum atomic E-state index is 13.2. The summed E-state index contributed by atoms with van der Waals surface area (Å²) in [5, 5.41) is 6.38. The van der Waals surface area contributed by atoms with Crippen molar-refractivity contribution in [3.63, 3.8) is 0 Å². The van der Waals surface area contributed by atoms with E-state index >= 15 is 0 Å². The van der Waals surface area contributed by atoms with Crippen LogP contribution in [0, 0.1) is 5.82 Å². The Hall–Kier alpha value is -3.09. The maximum Gasteiger partial charge on any atom is 0.224 e. The average molecular weight is 412 g/mol. The topological polar surface area (TPSA) is 60.0 Å². The van der Waals surface area contributed by atoms with Crippen LogP contribution in [0.1, 0.15) is 12.0 Å². The van der Waals surface area contributed by atoms with Crippen LogP contribution < -0.4 is 15.5 Å². The summed E-state index contributed by atoms with van der Waals surface area (Å²) in [5.74, 6) is 0.580. The third-order valence-electron chi connectivity index (χ3n) is 5.20. The first-order chi connectivity index (χ1) is 14.7. The van der Waals surface area contributed by atoms with Gasteiger partial charge in [-0.2, -0.15) is 0 Å². The molecular formula is C23H30FN5O. The lowest BCUT2D eigenvalue weighted by molar-refractivity contribution is -0.131. The Kier molecular flexibility index (Phi) is 8.06. The molecule has 2 N–H and O–H groups in total. The largest absolute Gasteiger partial charge is 0.368 e. The molecule has 1 aliphatic rings. The van der Waals surface area contributed by atoms with Gasteiger partial charge < -0.3 is 20.4 Å². The summed E-state index contributed by atoms with van der Waals surface area (Å²) in [4.78, 5) is 20.9. The number of hydrogen-bond donors (Lipinski definition) is 2. The second-order valence-corrected chi connectivity index (χ2v) is 7.26. The Balaban J connectivity index is 1.33. The van der Waals surface area contributed by atoms with Crippen molar-refractivity contribution >= 4 is 17.6 Å². The number of anilines is 1. The quantitative estimate of drug-likeness (QED) is 0.542. The molecule has 2 aromatic carbocycles. The van der Waals surface area contributed by atoms with Gasteiger partial charge in [0.1, 0.15) is 5.82 Å². The number of rotatable bonds is 7. The summed E-state index contributed by atoms with van der Waals surface area (Å²) < 4.78 is 13.2. The Morgan fingerprint density at radius 1 is 1.00 bits per heavy atom. The Morgan fingerprint density at radius 2 is 1.73 bits per heavy atom. The number of carbonyl (C=O) groups excluding carboxylic acids is 1. The lowest BCUT2D eigenvalue weighted by Gasteiger charge is -2.36. The maximum absolute atomic E-state index is 13.2. The number of nitrogens with zero attached hydrogens (tertiary/aromatic N) is 3. The van der Waals surface area contributed by atoms with Gasteiger partial charge >= 0.3 is 0 Å². The second kappa shape index (κ2) is 11.2. The fourth-order valence-corrected chi connectivity index (χ4v) is 3.54. The van der Waals surface area contributed by atoms with Gasteiger partial charge in [0, 0.05) is 58.4 Å². The SMILES string of the molecule is CN=C(NCCC(=O)N1CCN(c2ccccc2)CC1)NCCc1cccc(F)c1. The molecule has 0 atom stereocenters. The third-order valence-corrected chi connectivity index (χ3v) is 5.20. The molecule has 30 heavy (non-hydrogen) atoms. The number of hydrogen-bond acceptors (Lipinski definition) is 3. The molecule has 160 valence electrons. The van der Waals surface area contributed by atoms with Crippen molar-refractivity contribution < 1.29 is 9.18 Å². The molecule has 0 spiro atoms. The van der Waals surface area contributed by atoms with Crippen LogP contribution in [0.5, 0.6) is 0 Å². The van der Waals surface area contributed by atoms with Crippen molar-refractivity contribution in [3.05, 3.63) is 66.0 Å². The Bertz CT molecular complexity index is 834. The van der Waals surface area contributed by atoms with Crippen molar-refractivity contribution in [1.29, 1.82) is 0 Å². The molecule has 1 heterocycles. The summed E-state index contributed by atoms with van der Waals surface area (Å²) in [7, 11) is 1.70. The minimum atomic E-state index is -0.224. The van der Waals surface area contributed by atoms with E-state index in [0.717, 1.165) is 31.7 Å². The van der Waals surface area contributed by atoms with E-state index in [1.54, 1.807) is 13.1 Å². The van der Waals surface area contributed by atoms with Crippen LogP contribution in [0.2, 0.25) is 0 Å². The molecule has 0 aliphatic carbocycles. The molecule has 7 heteroatoms. The lowest BCUT2D eigenvalue weighted by atomic mass is 10.1. The lowest BCUT2D eigenvalue weighted by Crippen LogP contribution is -2.49. The number of guanidine groups is 1. The smallest absolute Gasteiger partial charge is 0.224 e. The van der Waals surface area contributed by atoms with E-state index in [4.69, 9.17) is 0 Å². The van der Waals surface area contributed by atoms with Gasteiger partial charge in [0.25, 0.3) is 0 Å². The van der Waals surface area contributed by atoms with Crippen LogP contribution >= 0.6 is 0 Å². The highest BCUT2D eigenvalue weighted by atomic mass is 19.1. The number of carbonyl (C=O) groups is 1. The number of amides is 1. The molecule has 0 radical (unpaired) electrons. The molecule has 1 fully saturated rings. The molecule has 2 aromatic rings. The zero-order valence-electron chi connectivity index (χ0n) is 17.5. The Morgan fingerprint density at radius 3 is 2.43 bits per heavy atom. The molecule has 1 amide bonds. The van der Waals surface area contributed by atoms with Crippen molar-refractivity contribution in [1.82, 2.24) is 15.5 Å². The third kappa shape index (κ3) is 6.47. The number of nitrogens with one attached hydrogen (secondary N) is 2. The minimum absolute atomic E-state index is 0.158. The molecule has 6 nitrogen and oxygen atoms in total. The first-order valence-electron chi connectivity index (χ1n) is 10.4. The Labute approximate surface area is 177 Å². The van der Waals surface area contributed by atoms with Gasteiger partial charge in [0.2, 0.25) is 5.91 Å². The van der Waals surface area contributed by atoms with Crippen molar-refractivity contribution in [3.8, 4) is 0 Å². The monoisotopic (exact) mass is 411 g/mol. The van der Waals surface area contributed by atoms with E-state index in [9.17, 15) is 9.18 Å². The van der Waals surface area contributed by atoms with Crippen molar-refractivity contribution in [2.45, 2.75) is 12.8 Å². The van der Waals surface area contributed by atoms with E-state index in [2.05, 4.69) is 32.7 Å². The van der Waals surface area contributed by atoms with E-state index < -0.39 is 0 Å². The first kappa shape index (κ1) is 21.6. The molecular weight excluding hydrogens is 381 g/mol. The van der Waals surface area contributed by atoms with Gasteiger partial charge in [-0.3, -0.25) is 9.79 Å². The van der Waals surface area contributed by atoms with Crippen LogP contribution in [0.3, 0.4) is 0 Å². The molecule has 0 saturated carbocycles. The van der Waals surface area contributed by atoms with Crippen molar-refractivity contribution in [2.75, 3.05) is 51.2 Å². The van der Waals surface area contributed by atoms with E-state index in [-0.39, 0.29) is 11.7 Å². The molecule has 0 bridgehead atoms. The van der Waals surface area contributed by atoms with Gasteiger partial charge in [0.15, 0.2) is 5.96 Å². The number of para-hydroxylation sites is 1. The predicted molar refractivity (Wildman–Crippen MR) is 119 cm³/mol. The van der Waals surface area contributed by atoms with E-state index in [1.807, 2.05) is 29.2 Å². The van der Waals surface area contributed by atoms with Crippen LogP contribution in [-0.2, 0) is 11.2 Å². The normalized spacial score (nSPS) is 14.5. The number of aliphatic imine (C=N–C) groups is 1. The zero-order chi connectivity index (χ0) is 21.2. The highest BCUT2D eigenvalue weighted by Crippen LogP contribution is 2.15. The standard InChI is InChI=1S/C23H30FN5O/c1-25-23(26-12-10-19-6-5-7-20(24)18-19)27-13-11-22(30)29-16-14-28(15-17-29)21-8-3-2-4-9-21/h2-9,18H,10-17H2,1H3,(H2,25,26,27). The molecule has 0 unspecified atom stereocenters. The van der Waals surface area contributed by atoms with Crippen molar-refractivity contribution in [2.24, 2.45) is 4.99 Å².